The number of hydrogen-bond donors (Lipinski definition) is 2. The SMILES string of the molecule is COC(c1n[nH]c(CN)n1)C1CC1. The van der Waals surface area contributed by atoms with Crippen LogP contribution < -0.4 is 5.73 Å². The van der Waals surface area contributed by atoms with E-state index in [1.807, 2.05) is 0 Å². The highest BCUT2D eigenvalue weighted by Gasteiger charge is 2.34. The second kappa shape index (κ2) is 3.43. The summed E-state index contributed by atoms with van der Waals surface area (Å²) < 4.78 is 5.33. The first-order chi connectivity index (χ1) is 6.35. The predicted octanol–water partition coefficient (Wildman–Crippen LogP) is 0.361. The van der Waals surface area contributed by atoms with Gasteiger partial charge in [-0.05, 0) is 18.8 Å². The summed E-state index contributed by atoms with van der Waals surface area (Å²) in [4.78, 5) is 4.24. The maximum atomic E-state index is 5.42. The Labute approximate surface area is 76.7 Å². The molecule has 5 nitrogen and oxygen atoms in total. The van der Waals surface area contributed by atoms with E-state index < -0.39 is 0 Å². The summed E-state index contributed by atoms with van der Waals surface area (Å²) in [5.41, 5.74) is 5.42. The highest BCUT2D eigenvalue weighted by Crippen LogP contribution is 2.41. The first-order valence-corrected chi connectivity index (χ1v) is 4.49. The molecule has 1 aliphatic carbocycles. The Hall–Kier alpha value is -0.940. The molecule has 1 heterocycles. The molecule has 72 valence electrons. The third-order valence-electron chi connectivity index (χ3n) is 2.30. The molecule has 1 aromatic heterocycles. The third-order valence-corrected chi connectivity index (χ3v) is 2.30. The Morgan fingerprint density at radius 2 is 2.46 bits per heavy atom. The van der Waals surface area contributed by atoms with Crippen LogP contribution in [0.3, 0.4) is 0 Å². The largest absolute Gasteiger partial charge is 0.373 e. The molecule has 1 unspecified atom stereocenters. The standard InChI is InChI=1S/C8H14N4O/c1-13-7(5-2-3-5)8-10-6(4-9)11-12-8/h5,7H,2-4,9H2,1H3,(H,10,11,12). The average Bonchev–Trinajstić information content (AvgIpc) is 2.85. The van der Waals surface area contributed by atoms with Crippen molar-refractivity contribution in [2.24, 2.45) is 11.7 Å². The number of nitrogens with one attached hydrogen (secondary N) is 1. The van der Waals surface area contributed by atoms with Crippen molar-refractivity contribution in [3.63, 3.8) is 0 Å². The van der Waals surface area contributed by atoms with Crippen molar-refractivity contribution >= 4 is 0 Å². The summed E-state index contributed by atoms with van der Waals surface area (Å²) in [5.74, 6) is 2.06. The van der Waals surface area contributed by atoms with Crippen molar-refractivity contribution in [2.45, 2.75) is 25.5 Å². The van der Waals surface area contributed by atoms with Gasteiger partial charge in [0, 0.05) is 7.11 Å². The molecular weight excluding hydrogens is 168 g/mol. The van der Waals surface area contributed by atoms with Crippen LogP contribution in [-0.4, -0.2) is 22.3 Å². The van der Waals surface area contributed by atoms with Crippen molar-refractivity contribution in [2.75, 3.05) is 7.11 Å². The lowest BCUT2D eigenvalue weighted by molar-refractivity contribution is 0.0775. The first kappa shape index (κ1) is 8.65. The van der Waals surface area contributed by atoms with Crippen LogP contribution in [0.25, 0.3) is 0 Å². The number of hydrogen-bond acceptors (Lipinski definition) is 4. The van der Waals surface area contributed by atoms with E-state index in [4.69, 9.17) is 10.5 Å². The monoisotopic (exact) mass is 182 g/mol. The van der Waals surface area contributed by atoms with Crippen molar-refractivity contribution in [1.82, 2.24) is 15.2 Å². The number of aromatic nitrogens is 3. The van der Waals surface area contributed by atoms with Crippen LogP contribution in [0.1, 0.15) is 30.6 Å². The molecule has 1 atom stereocenters. The van der Waals surface area contributed by atoms with Crippen molar-refractivity contribution in [3.8, 4) is 0 Å². The summed E-state index contributed by atoms with van der Waals surface area (Å²) >= 11 is 0. The lowest BCUT2D eigenvalue weighted by atomic mass is 10.2. The maximum absolute atomic E-state index is 5.42. The van der Waals surface area contributed by atoms with Gasteiger partial charge in [-0.2, -0.15) is 5.10 Å². The Kier molecular flexibility index (Phi) is 2.28. The second-order valence-electron chi connectivity index (χ2n) is 3.34. The van der Waals surface area contributed by atoms with E-state index in [9.17, 15) is 0 Å². The highest BCUT2D eigenvalue weighted by atomic mass is 16.5. The molecule has 5 heteroatoms. The zero-order valence-electron chi connectivity index (χ0n) is 7.66. The highest BCUT2D eigenvalue weighted by molar-refractivity contribution is 4.99. The molecule has 2 rings (SSSR count). The zero-order valence-corrected chi connectivity index (χ0v) is 7.66. The van der Waals surface area contributed by atoms with E-state index in [0.29, 0.717) is 12.5 Å². The zero-order chi connectivity index (χ0) is 9.26. The van der Waals surface area contributed by atoms with Gasteiger partial charge in [0.2, 0.25) is 0 Å². The molecule has 1 fully saturated rings. The summed E-state index contributed by atoms with van der Waals surface area (Å²) in [7, 11) is 1.70. The van der Waals surface area contributed by atoms with E-state index in [-0.39, 0.29) is 6.10 Å². The molecule has 0 saturated heterocycles. The Balaban J connectivity index is 2.12. The Morgan fingerprint density at radius 1 is 1.69 bits per heavy atom. The van der Waals surface area contributed by atoms with E-state index >= 15 is 0 Å². The molecule has 1 aromatic rings. The van der Waals surface area contributed by atoms with Crippen LogP contribution in [0.4, 0.5) is 0 Å². The fourth-order valence-electron chi connectivity index (χ4n) is 1.44. The van der Waals surface area contributed by atoms with Gasteiger partial charge < -0.3 is 10.5 Å². The van der Waals surface area contributed by atoms with Gasteiger partial charge in [-0.25, -0.2) is 4.98 Å². The van der Waals surface area contributed by atoms with E-state index in [2.05, 4.69) is 15.2 Å². The summed E-state index contributed by atoms with van der Waals surface area (Å²) in [6.07, 6.45) is 2.48. The van der Waals surface area contributed by atoms with Gasteiger partial charge in [-0.1, -0.05) is 0 Å². The number of H-pyrrole nitrogens is 1. The minimum Gasteiger partial charge on any atom is -0.373 e. The Morgan fingerprint density at radius 3 is 2.92 bits per heavy atom. The van der Waals surface area contributed by atoms with Crippen molar-refractivity contribution in [1.29, 1.82) is 0 Å². The van der Waals surface area contributed by atoms with Gasteiger partial charge in [0.1, 0.15) is 11.9 Å². The minimum absolute atomic E-state index is 0.0524. The first-order valence-electron chi connectivity index (χ1n) is 4.49. The number of methoxy groups -OCH3 is 1. The van der Waals surface area contributed by atoms with Crippen molar-refractivity contribution < 1.29 is 4.74 Å². The van der Waals surface area contributed by atoms with Crippen LogP contribution in [0, 0.1) is 5.92 Å². The van der Waals surface area contributed by atoms with Gasteiger partial charge in [0.25, 0.3) is 0 Å². The summed E-state index contributed by atoms with van der Waals surface area (Å²) in [6, 6.07) is 0. The fraction of sp³-hybridized carbons (Fsp3) is 0.750. The molecule has 0 amide bonds. The third kappa shape index (κ3) is 1.71. The van der Waals surface area contributed by atoms with Crippen LogP contribution >= 0.6 is 0 Å². The molecule has 0 radical (unpaired) electrons. The molecule has 13 heavy (non-hydrogen) atoms. The van der Waals surface area contributed by atoms with Crippen LogP contribution in [0.15, 0.2) is 0 Å². The fourth-order valence-corrected chi connectivity index (χ4v) is 1.44. The number of nitrogens with two attached hydrogens (primary N) is 1. The van der Waals surface area contributed by atoms with E-state index in [0.717, 1.165) is 11.6 Å². The van der Waals surface area contributed by atoms with Gasteiger partial charge in [-0.15, -0.1) is 0 Å². The lowest BCUT2D eigenvalue weighted by Crippen LogP contribution is -2.06. The van der Waals surface area contributed by atoms with Crippen LogP contribution in [-0.2, 0) is 11.3 Å². The van der Waals surface area contributed by atoms with E-state index in [1.165, 1.54) is 12.8 Å². The second-order valence-corrected chi connectivity index (χ2v) is 3.34. The normalized spacial score (nSPS) is 18.9. The molecule has 0 bridgehead atoms. The summed E-state index contributed by atoms with van der Waals surface area (Å²) in [6.45, 7) is 0.397. The maximum Gasteiger partial charge on any atom is 0.179 e. The number of rotatable bonds is 4. The molecular formula is C8H14N4O. The van der Waals surface area contributed by atoms with E-state index in [1.54, 1.807) is 7.11 Å². The molecule has 1 aliphatic rings. The smallest absolute Gasteiger partial charge is 0.179 e. The molecule has 0 spiro atoms. The van der Waals surface area contributed by atoms with Crippen molar-refractivity contribution in [3.05, 3.63) is 11.6 Å². The number of ether oxygens (including phenoxy) is 1. The topological polar surface area (TPSA) is 76.8 Å². The Bertz CT molecular complexity index is 281. The molecule has 1 saturated carbocycles. The quantitative estimate of drug-likeness (QED) is 0.705. The predicted molar refractivity (Wildman–Crippen MR) is 46.7 cm³/mol. The average molecular weight is 182 g/mol. The van der Waals surface area contributed by atoms with Gasteiger partial charge >= 0.3 is 0 Å². The lowest BCUT2D eigenvalue weighted by Gasteiger charge is -2.08. The van der Waals surface area contributed by atoms with Gasteiger partial charge in [0.15, 0.2) is 5.82 Å². The number of nitrogens with zero attached hydrogens (tertiary/aromatic N) is 2. The van der Waals surface area contributed by atoms with Crippen LogP contribution in [0.2, 0.25) is 0 Å². The van der Waals surface area contributed by atoms with Crippen LogP contribution in [0.5, 0.6) is 0 Å². The molecule has 0 aliphatic heterocycles. The molecule has 3 N–H and O–H groups in total. The molecule has 0 aromatic carbocycles. The number of aromatic amines is 1. The minimum atomic E-state index is 0.0524. The van der Waals surface area contributed by atoms with Gasteiger partial charge in [0.05, 0.1) is 6.54 Å². The van der Waals surface area contributed by atoms with Gasteiger partial charge in [-0.3, -0.25) is 5.10 Å². The summed E-state index contributed by atoms with van der Waals surface area (Å²) in [5, 5.41) is 6.87.